The van der Waals surface area contributed by atoms with Crippen molar-refractivity contribution in [3.63, 3.8) is 0 Å². The summed E-state index contributed by atoms with van der Waals surface area (Å²) in [7, 11) is 0. The van der Waals surface area contributed by atoms with Crippen molar-refractivity contribution < 1.29 is 14.6 Å². The number of rotatable bonds is 1. The number of hydrogen-bond donors (Lipinski definition) is 1. The molecule has 1 N–H and O–H groups in total. The van der Waals surface area contributed by atoms with Gasteiger partial charge < -0.3 is 14.6 Å². The molecule has 17 heavy (non-hydrogen) atoms. The minimum absolute atomic E-state index is 0.0868. The molecule has 96 valence electrons. The third kappa shape index (κ3) is 2.97. The van der Waals surface area contributed by atoms with Gasteiger partial charge in [-0.3, -0.25) is 0 Å². The number of allylic oxidation sites excluding steroid dienone is 1. The van der Waals surface area contributed by atoms with Gasteiger partial charge in [0.2, 0.25) is 0 Å². The van der Waals surface area contributed by atoms with Gasteiger partial charge in [0, 0.05) is 5.41 Å². The van der Waals surface area contributed by atoms with Gasteiger partial charge in [0.05, 0.1) is 19.3 Å². The molecule has 3 nitrogen and oxygen atoms in total. The lowest BCUT2D eigenvalue weighted by Crippen LogP contribution is -2.45. The van der Waals surface area contributed by atoms with E-state index in [2.05, 4.69) is 12.7 Å². The van der Waals surface area contributed by atoms with Crippen LogP contribution in [0.15, 0.2) is 24.3 Å². The van der Waals surface area contributed by atoms with E-state index in [9.17, 15) is 5.11 Å². The summed E-state index contributed by atoms with van der Waals surface area (Å²) in [4.78, 5) is 0. The molecule has 0 aromatic heterocycles. The van der Waals surface area contributed by atoms with Crippen LogP contribution in [-0.2, 0) is 9.47 Å². The first-order valence-electron chi connectivity index (χ1n) is 6.25. The van der Waals surface area contributed by atoms with Gasteiger partial charge in [-0.25, -0.2) is 0 Å². The van der Waals surface area contributed by atoms with Gasteiger partial charge in [-0.05, 0) is 38.7 Å². The summed E-state index contributed by atoms with van der Waals surface area (Å²) in [5, 5.41) is 9.84. The zero-order chi connectivity index (χ0) is 12.5. The monoisotopic (exact) mass is 238 g/mol. The Hall–Kier alpha value is -0.640. The maximum absolute atomic E-state index is 9.84. The zero-order valence-electron chi connectivity index (χ0n) is 10.7. The Labute approximate surface area is 103 Å². The van der Waals surface area contributed by atoms with Crippen molar-refractivity contribution in [2.75, 3.05) is 13.2 Å². The van der Waals surface area contributed by atoms with Gasteiger partial charge in [0.25, 0.3) is 0 Å². The first-order chi connectivity index (χ1) is 7.95. The molecule has 1 saturated heterocycles. The van der Waals surface area contributed by atoms with Crippen LogP contribution in [0.4, 0.5) is 0 Å². The van der Waals surface area contributed by atoms with Gasteiger partial charge in [-0.15, -0.1) is 0 Å². The Balaban J connectivity index is 2.16. The fourth-order valence-corrected chi connectivity index (χ4v) is 2.44. The lowest BCUT2D eigenvalue weighted by Gasteiger charge is -2.42. The second kappa shape index (κ2) is 4.56. The fraction of sp³-hybridized carbons (Fsp3) is 0.714. The van der Waals surface area contributed by atoms with Gasteiger partial charge in [-0.1, -0.05) is 18.7 Å². The molecule has 1 unspecified atom stereocenters. The van der Waals surface area contributed by atoms with E-state index in [1.54, 1.807) is 0 Å². The highest BCUT2D eigenvalue weighted by atomic mass is 16.7. The van der Waals surface area contributed by atoms with Crippen molar-refractivity contribution in [3.05, 3.63) is 24.3 Å². The molecule has 1 atom stereocenters. The van der Waals surface area contributed by atoms with Crippen LogP contribution in [0.2, 0.25) is 0 Å². The molecule has 1 aliphatic heterocycles. The van der Waals surface area contributed by atoms with Crippen molar-refractivity contribution in [3.8, 4) is 0 Å². The van der Waals surface area contributed by atoms with E-state index in [4.69, 9.17) is 9.47 Å². The third-order valence-electron chi connectivity index (χ3n) is 3.62. The zero-order valence-corrected chi connectivity index (χ0v) is 10.7. The van der Waals surface area contributed by atoms with E-state index in [1.165, 1.54) is 0 Å². The highest BCUT2D eigenvalue weighted by Gasteiger charge is 2.39. The molecular formula is C14H22O3. The number of ether oxygens (including phenoxy) is 2. The van der Waals surface area contributed by atoms with Gasteiger partial charge in [0.1, 0.15) is 0 Å². The van der Waals surface area contributed by atoms with Gasteiger partial charge in [-0.2, -0.15) is 0 Å². The molecule has 0 aromatic rings. The molecular weight excluding hydrogens is 216 g/mol. The van der Waals surface area contributed by atoms with E-state index in [0.29, 0.717) is 19.6 Å². The SMILES string of the molecule is C=CC1=CC2(CCC(O)C1)COC(C)(C)OC2. The summed E-state index contributed by atoms with van der Waals surface area (Å²) in [6, 6.07) is 0. The molecule has 0 saturated carbocycles. The predicted octanol–water partition coefficient (Wildman–Crippen LogP) is 2.41. The van der Waals surface area contributed by atoms with Gasteiger partial charge in [0.15, 0.2) is 5.79 Å². The van der Waals surface area contributed by atoms with Crippen molar-refractivity contribution in [2.45, 2.75) is 45.0 Å². The minimum atomic E-state index is -0.488. The Morgan fingerprint density at radius 3 is 2.65 bits per heavy atom. The average Bonchev–Trinajstić information content (AvgIpc) is 2.44. The second-order valence-electron chi connectivity index (χ2n) is 5.66. The molecule has 0 bridgehead atoms. The van der Waals surface area contributed by atoms with Crippen LogP contribution in [0.1, 0.15) is 33.1 Å². The van der Waals surface area contributed by atoms with Crippen molar-refractivity contribution >= 4 is 0 Å². The largest absolute Gasteiger partial charge is 0.393 e. The predicted molar refractivity (Wildman–Crippen MR) is 66.6 cm³/mol. The van der Waals surface area contributed by atoms with E-state index >= 15 is 0 Å². The topological polar surface area (TPSA) is 38.7 Å². The molecule has 1 heterocycles. The van der Waals surface area contributed by atoms with E-state index in [1.807, 2.05) is 19.9 Å². The van der Waals surface area contributed by atoms with Crippen molar-refractivity contribution in [1.82, 2.24) is 0 Å². The standard InChI is InChI=1S/C14H22O3/c1-4-11-7-12(15)5-6-14(8-11)9-16-13(2,3)17-10-14/h4,8,12,15H,1,5-7,9-10H2,2-3H3. The normalized spacial score (nSPS) is 31.7. The molecule has 2 aliphatic rings. The molecule has 1 aliphatic carbocycles. The lowest BCUT2D eigenvalue weighted by atomic mass is 9.83. The lowest BCUT2D eigenvalue weighted by molar-refractivity contribution is -0.277. The second-order valence-corrected chi connectivity index (χ2v) is 5.66. The van der Waals surface area contributed by atoms with Crippen molar-refractivity contribution in [2.24, 2.45) is 5.41 Å². The minimum Gasteiger partial charge on any atom is -0.393 e. The quantitative estimate of drug-likeness (QED) is 0.762. The Morgan fingerprint density at radius 1 is 1.41 bits per heavy atom. The maximum atomic E-state index is 9.84. The number of aliphatic hydroxyl groups excluding tert-OH is 1. The van der Waals surface area contributed by atoms with Crippen LogP contribution in [0.5, 0.6) is 0 Å². The molecule has 0 amide bonds. The van der Waals surface area contributed by atoms with E-state index in [-0.39, 0.29) is 11.5 Å². The van der Waals surface area contributed by atoms with Crippen LogP contribution < -0.4 is 0 Å². The van der Waals surface area contributed by atoms with Crippen LogP contribution in [0.3, 0.4) is 0 Å². The summed E-state index contributed by atoms with van der Waals surface area (Å²) >= 11 is 0. The average molecular weight is 238 g/mol. The summed E-state index contributed by atoms with van der Waals surface area (Å²) in [6.45, 7) is 8.99. The Kier molecular flexibility index (Phi) is 3.43. The summed E-state index contributed by atoms with van der Waals surface area (Å²) in [5.41, 5.74) is 1.01. The molecule has 1 spiro atoms. The highest BCUT2D eigenvalue weighted by Crippen LogP contribution is 2.39. The Bertz CT molecular complexity index is 320. The van der Waals surface area contributed by atoms with Gasteiger partial charge >= 0.3 is 0 Å². The van der Waals surface area contributed by atoms with Crippen molar-refractivity contribution in [1.29, 1.82) is 0 Å². The molecule has 1 fully saturated rings. The highest BCUT2D eigenvalue weighted by molar-refractivity contribution is 5.23. The smallest absolute Gasteiger partial charge is 0.162 e. The first kappa shape index (κ1) is 12.8. The molecule has 0 aromatic carbocycles. The van der Waals surface area contributed by atoms with Crippen LogP contribution in [-0.4, -0.2) is 30.2 Å². The molecule has 0 radical (unpaired) electrons. The first-order valence-corrected chi connectivity index (χ1v) is 6.25. The fourth-order valence-electron chi connectivity index (χ4n) is 2.44. The summed E-state index contributed by atoms with van der Waals surface area (Å²) in [5.74, 6) is -0.488. The number of aliphatic hydroxyl groups is 1. The van der Waals surface area contributed by atoms with E-state index < -0.39 is 5.79 Å². The molecule has 3 heteroatoms. The Morgan fingerprint density at radius 2 is 2.06 bits per heavy atom. The third-order valence-corrected chi connectivity index (χ3v) is 3.62. The number of hydrogen-bond acceptors (Lipinski definition) is 3. The van der Waals surface area contributed by atoms with Crippen LogP contribution in [0.25, 0.3) is 0 Å². The summed E-state index contributed by atoms with van der Waals surface area (Å²) < 4.78 is 11.5. The van der Waals surface area contributed by atoms with Crippen LogP contribution >= 0.6 is 0 Å². The van der Waals surface area contributed by atoms with Crippen LogP contribution in [0, 0.1) is 5.41 Å². The van der Waals surface area contributed by atoms with E-state index in [0.717, 1.165) is 18.4 Å². The molecule has 2 rings (SSSR count). The summed E-state index contributed by atoms with van der Waals surface area (Å²) in [6.07, 6.45) is 6.13. The maximum Gasteiger partial charge on any atom is 0.162 e.